The lowest BCUT2D eigenvalue weighted by atomic mass is 10.1. The lowest BCUT2D eigenvalue weighted by molar-refractivity contribution is -0.145. The first kappa shape index (κ1) is 31.4. The quantitative estimate of drug-likeness (QED) is 0.0790. The summed E-state index contributed by atoms with van der Waals surface area (Å²) in [6, 6.07) is 7.69. The average molecular weight is 601 g/mol. The van der Waals surface area contributed by atoms with Gasteiger partial charge in [-0.3, -0.25) is 23.7 Å². The van der Waals surface area contributed by atoms with E-state index in [0.717, 1.165) is 16.8 Å². The van der Waals surface area contributed by atoms with E-state index in [1.807, 2.05) is 11.2 Å². The van der Waals surface area contributed by atoms with Gasteiger partial charge in [-0.25, -0.2) is 9.36 Å². The van der Waals surface area contributed by atoms with Crippen LogP contribution in [0.2, 0.25) is 0 Å². The zero-order chi connectivity index (χ0) is 29.3. The van der Waals surface area contributed by atoms with Crippen molar-refractivity contribution in [2.24, 2.45) is 5.11 Å². The minimum absolute atomic E-state index is 0.0599. The Bertz CT molecular complexity index is 1370. The monoisotopic (exact) mass is 600 g/mol. The number of nitrogens with zero attached hydrogens (tertiary/aromatic N) is 4. The van der Waals surface area contributed by atoms with Crippen LogP contribution in [0, 0.1) is 0 Å². The SMILES string of the molecule is CCOC(=O)[C@H](CCSC)NP(=O)(OC[C@@]1(N=[N+]=[N-])O[C@@H](n2ccc(=O)[nH]c2=O)[C@H](O)[C@@H]1O)Oc1ccccc1. The van der Waals surface area contributed by atoms with Crippen molar-refractivity contribution in [3.8, 4) is 5.75 Å². The maximum absolute atomic E-state index is 14.0. The normalized spacial score (nSPS) is 24.4. The summed E-state index contributed by atoms with van der Waals surface area (Å²) in [7, 11) is -4.52. The lowest BCUT2D eigenvalue weighted by Gasteiger charge is -2.30. The topological polar surface area (TPSA) is 227 Å². The number of benzene rings is 1. The molecule has 40 heavy (non-hydrogen) atoms. The van der Waals surface area contributed by atoms with Gasteiger partial charge in [0.15, 0.2) is 6.23 Å². The van der Waals surface area contributed by atoms with Crippen molar-refractivity contribution in [2.45, 2.75) is 43.5 Å². The van der Waals surface area contributed by atoms with Crippen molar-refractivity contribution in [3.63, 3.8) is 0 Å². The Labute approximate surface area is 231 Å². The van der Waals surface area contributed by atoms with Crippen molar-refractivity contribution < 1.29 is 38.1 Å². The van der Waals surface area contributed by atoms with Gasteiger partial charge >= 0.3 is 19.4 Å². The van der Waals surface area contributed by atoms with Crippen LogP contribution >= 0.6 is 19.5 Å². The second kappa shape index (κ2) is 14.0. The summed E-state index contributed by atoms with van der Waals surface area (Å²) in [4.78, 5) is 41.0. The number of hydrogen-bond acceptors (Lipinski definition) is 12. The molecule has 0 bridgehead atoms. The van der Waals surface area contributed by atoms with E-state index in [1.165, 1.54) is 23.9 Å². The maximum Gasteiger partial charge on any atom is 0.459 e. The lowest BCUT2D eigenvalue weighted by Crippen LogP contribution is -2.46. The molecule has 3 rings (SSSR count). The summed E-state index contributed by atoms with van der Waals surface area (Å²) in [6.07, 6.45) is -2.47. The first-order valence-electron chi connectivity index (χ1n) is 11.9. The molecule has 2 aromatic rings. The number of ether oxygens (including phenoxy) is 2. The van der Waals surface area contributed by atoms with Crippen LogP contribution < -0.4 is 20.9 Å². The number of hydrogen-bond donors (Lipinski definition) is 4. The summed E-state index contributed by atoms with van der Waals surface area (Å²) >= 11 is 1.43. The van der Waals surface area contributed by atoms with Crippen LogP contribution in [0.1, 0.15) is 19.6 Å². The van der Waals surface area contributed by atoms with E-state index in [0.29, 0.717) is 5.75 Å². The Morgan fingerprint density at radius 2 is 2.08 bits per heavy atom. The highest BCUT2D eigenvalue weighted by Gasteiger charge is 2.56. The number of esters is 1. The largest absolute Gasteiger partial charge is 0.465 e. The number of nitrogens with one attached hydrogen (secondary N) is 2. The number of para-hydroxylation sites is 1. The van der Waals surface area contributed by atoms with E-state index < -0.39 is 61.8 Å². The third-order valence-corrected chi connectivity index (χ3v) is 7.84. The van der Waals surface area contributed by atoms with Crippen molar-refractivity contribution in [1.82, 2.24) is 14.6 Å². The number of azide groups is 1. The van der Waals surface area contributed by atoms with E-state index in [2.05, 4.69) is 15.1 Å². The van der Waals surface area contributed by atoms with E-state index in [1.54, 1.807) is 25.1 Å². The summed E-state index contributed by atoms with van der Waals surface area (Å²) < 4.78 is 36.6. The van der Waals surface area contributed by atoms with Crippen LogP contribution in [-0.4, -0.2) is 74.9 Å². The molecular formula is C22H29N6O10PS. The molecule has 218 valence electrons. The number of aliphatic hydroxyl groups is 2. The van der Waals surface area contributed by atoms with Crippen molar-refractivity contribution in [3.05, 3.63) is 73.9 Å². The fraction of sp³-hybridized carbons (Fsp3) is 0.500. The number of aromatic nitrogens is 2. The van der Waals surface area contributed by atoms with Crippen LogP contribution in [0.25, 0.3) is 10.4 Å². The number of carbonyl (C=O) groups excluding carboxylic acids is 1. The fourth-order valence-corrected chi connectivity index (χ4v) is 5.74. The van der Waals surface area contributed by atoms with Gasteiger partial charge in [-0.2, -0.15) is 16.8 Å². The van der Waals surface area contributed by atoms with E-state index in [4.69, 9.17) is 18.5 Å². The maximum atomic E-state index is 14.0. The minimum Gasteiger partial charge on any atom is -0.465 e. The zero-order valence-electron chi connectivity index (χ0n) is 21.5. The first-order chi connectivity index (χ1) is 19.1. The molecule has 1 fully saturated rings. The third-order valence-electron chi connectivity index (χ3n) is 5.65. The summed E-state index contributed by atoms with van der Waals surface area (Å²) in [6.45, 7) is 0.710. The number of H-pyrrole nitrogens is 1. The number of aromatic amines is 1. The Hall–Kier alpha value is -3.14. The molecule has 0 aliphatic carbocycles. The zero-order valence-corrected chi connectivity index (χ0v) is 23.2. The highest BCUT2D eigenvalue weighted by molar-refractivity contribution is 7.98. The van der Waals surface area contributed by atoms with Gasteiger partial charge in [-0.05, 0) is 43.0 Å². The molecule has 1 aliphatic rings. The highest BCUT2D eigenvalue weighted by atomic mass is 32.2. The average Bonchev–Trinajstić information content (AvgIpc) is 3.16. The summed E-state index contributed by atoms with van der Waals surface area (Å²) in [5.74, 6) is -0.144. The van der Waals surface area contributed by atoms with Crippen LogP contribution in [0.5, 0.6) is 5.75 Å². The molecule has 6 atom stereocenters. The third kappa shape index (κ3) is 7.53. The van der Waals surface area contributed by atoms with Crippen molar-refractivity contribution >= 4 is 25.5 Å². The number of carbonyl (C=O) groups is 1. The van der Waals surface area contributed by atoms with E-state index in [-0.39, 0.29) is 18.8 Å². The van der Waals surface area contributed by atoms with Gasteiger partial charge in [0.05, 0.1) is 13.2 Å². The molecule has 4 N–H and O–H groups in total. The molecule has 0 spiro atoms. The number of thioether (sulfide) groups is 1. The Kier molecular flexibility index (Phi) is 11.0. The van der Waals surface area contributed by atoms with Crippen LogP contribution in [0.15, 0.2) is 57.3 Å². The molecule has 0 radical (unpaired) electrons. The smallest absolute Gasteiger partial charge is 0.459 e. The fourth-order valence-electron chi connectivity index (χ4n) is 3.72. The van der Waals surface area contributed by atoms with Crippen LogP contribution in [0.3, 0.4) is 0 Å². The molecule has 0 saturated carbocycles. The van der Waals surface area contributed by atoms with Crippen LogP contribution in [-0.2, 0) is 23.4 Å². The molecule has 18 heteroatoms. The van der Waals surface area contributed by atoms with Gasteiger partial charge in [0.25, 0.3) is 5.56 Å². The van der Waals surface area contributed by atoms with Crippen molar-refractivity contribution in [2.75, 3.05) is 25.2 Å². The van der Waals surface area contributed by atoms with Gasteiger partial charge in [-0.15, -0.1) is 0 Å². The molecule has 1 aromatic heterocycles. The van der Waals surface area contributed by atoms with Gasteiger partial charge in [0, 0.05) is 17.2 Å². The van der Waals surface area contributed by atoms with Gasteiger partial charge in [0.2, 0.25) is 5.72 Å². The molecule has 1 aliphatic heterocycles. The standard InChI is InChI=1S/C22H29N6O10PS/c1-3-35-20(32)15(10-12-40-2)25-39(34,38-14-7-5-4-6-8-14)36-13-22(26-27-23)18(31)17(30)19(37-22)28-11-9-16(29)24-21(28)33/h4-9,11,15,17-19,30-31H,3,10,12-13H2,1-2H3,(H,25,34)(H,24,29,33)/t15-,17+,18-,19+,22+,39?/m0/s1. The molecule has 16 nitrogen and oxygen atoms in total. The summed E-state index contributed by atoms with van der Waals surface area (Å²) in [5.41, 5.74) is 5.10. The van der Waals surface area contributed by atoms with Crippen LogP contribution in [0.4, 0.5) is 0 Å². The van der Waals surface area contributed by atoms with Gasteiger partial charge in [-0.1, -0.05) is 23.3 Å². The van der Waals surface area contributed by atoms with Crippen molar-refractivity contribution in [1.29, 1.82) is 0 Å². The number of aliphatic hydroxyl groups excluding tert-OH is 2. The molecular weight excluding hydrogens is 571 g/mol. The summed E-state index contributed by atoms with van der Waals surface area (Å²) in [5, 5.41) is 27.5. The molecule has 2 heterocycles. The second-order valence-electron chi connectivity index (χ2n) is 8.39. The van der Waals surface area contributed by atoms with Gasteiger partial charge in [0.1, 0.15) is 24.0 Å². The second-order valence-corrected chi connectivity index (χ2v) is 11.1. The Morgan fingerprint density at radius 3 is 2.70 bits per heavy atom. The molecule has 0 amide bonds. The van der Waals surface area contributed by atoms with Gasteiger partial charge < -0.3 is 24.2 Å². The molecule has 1 aromatic carbocycles. The number of rotatable bonds is 14. The van der Waals surface area contributed by atoms with E-state index >= 15 is 0 Å². The highest BCUT2D eigenvalue weighted by Crippen LogP contribution is 2.48. The molecule has 1 saturated heterocycles. The Morgan fingerprint density at radius 1 is 1.35 bits per heavy atom. The minimum atomic E-state index is -4.52. The predicted molar refractivity (Wildman–Crippen MR) is 143 cm³/mol. The first-order valence-corrected chi connectivity index (χ1v) is 14.9. The predicted octanol–water partition coefficient (Wildman–Crippen LogP) is 1.27. The molecule has 1 unspecified atom stereocenters. The Balaban J connectivity index is 1.94. The van der Waals surface area contributed by atoms with E-state index in [9.17, 15) is 34.7 Å².